The lowest BCUT2D eigenvalue weighted by Crippen LogP contribution is -2.44. The Morgan fingerprint density at radius 2 is 2.33 bits per heavy atom. The van der Waals surface area contributed by atoms with Gasteiger partial charge in [0.15, 0.2) is 0 Å². The van der Waals surface area contributed by atoms with Crippen molar-refractivity contribution < 1.29 is 9.94 Å². The van der Waals surface area contributed by atoms with Gasteiger partial charge in [0.1, 0.15) is 11.7 Å². The molecular formula is C14H16BrN3O2S. The second-order valence-electron chi connectivity index (χ2n) is 5.46. The summed E-state index contributed by atoms with van der Waals surface area (Å²) in [6, 6.07) is 3.68. The molecule has 4 N–H and O–H groups in total. The summed E-state index contributed by atoms with van der Waals surface area (Å²) in [5, 5.41) is 13.0. The third-order valence-electron chi connectivity index (χ3n) is 4.22. The number of nitrogens with one attached hydrogen (secondary N) is 1. The fourth-order valence-corrected chi connectivity index (χ4v) is 4.64. The monoisotopic (exact) mass is 369 g/mol. The van der Waals surface area contributed by atoms with Gasteiger partial charge in [0, 0.05) is 34.9 Å². The minimum atomic E-state index is 0.0250. The molecular weight excluding hydrogens is 354 g/mol. The number of nitrogens with two attached hydrogens (primary N) is 1. The number of hydrogen-bond donors (Lipinski definition) is 3. The highest BCUT2D eigenvalue weighted by atomic mass is 79.9. The fourth-order valence-electron chi connectivity index (χ4n) is 3.29. The van der Waals surface area contributed by atoms with Gasteiger partial charge in [-0.25, -0.2) is 0 Å². The zero-order valence-electron chi connectivity index (χ0n) is 11.3. The smallest absolute Gasteiger partial charge is 0.130 e. The van der Waals surface area contributed by atoms with E-state index >= 15 is 0 Å². The zero-order valence-corrected chi connectivity index (χ0v) is 13.7. The number of phenols is 1. The molecule has 4 rings (SSSR count). The number of aromatic hydroxyl groups is 1. The molecule has 2 aliphatic heterocycles. The first-order chi connectivity index (χ1) is 10.2. The minimum absolute atomic E-state index is 0.0250. The Morgan fingerprint density at radius 3 is 3.19 bits per heavy atom. The van der Waals surface area contributed by atoms with E-state index in [1.165, 1.54) is 5.56 Å². The van der Waals surface area contributed by atoms with Crippen LogP contribution >= 0.6 is 27.7 Å². The number of hydroxylamine groups is 2. The van der Waals surface area contributed by atoms with Gasteiger partial charge in [0.05, 0.1) is 10.5 Å². The number of halogens is 1. The van der Waals surface area contributed by atoms with Crippen LogP contribution in [0.25, 0.3) is 10.9 Å². The molecule has 1 saturated heterocycles. The Labute approximate surface area is 134 Å². The van der Waals surface area contributed by atoms with Crippen LogP contribution in [0.5, 0.6) is 5.75 Å². The number of fused-ring (bicyclic) bond motifs is 5. The number of aromatic nitrogens is 1. The Morgan fingerprint density at radius 1 is 1.48 bits per heavy atom. The van der Waals surface area contributed by atoms with Crippen molar-refractivity contribution >= 4 is 38.6 Å². The summed E-state index contributed by atoms with van der Waals surface area (Å²) in [5.74, 6) is 1.80. The van der Waals surface area contributed by atoms with Crippen molar-refractivity contribution in [3.63, 3.8) is 0 Å². The van der Waals surface area contributed by atoms with Crippen molar-refractivity contribution in [1.82, 2.24) is 10.0 Å². The van der Waals surface area contributed by atoms with E-state index in [-0.39, 0.29) is 17.8 Å². The van der Waals surface area contributed by atoms with Crippen LogP contribution in [0.2, 0.25) is 0 Å². The topological polar surface area (TPSA) is 74.5 Å². The normalized spacial score (nSPS) is 26.4. The summed E-state index contributed by atoms with van der Waals surface area (Å²) >= 11 is 5.23. The molecule has 0 spiro atoms. The van der Waals surface area contributed by atoms with E-state index in [0.717, 1.165) is 39.8 Å². The van der Waals surface area contributed by atoms with E-state index in [4.69, 9.17) is 10.6 Å². The van der Waals surface area contributed by atoms with Crippen LogP contribution in [0.4, 0.5) is 0 Å². The highest BCUT2D eigenvalue weighted by Crippen LogP contribution is 2.42. The molecule has 1 unspecified atom stereocenters. The number of nitrogens with zero attached hydrogens (tertiary/aromatic N) is 1. The number of H-pyrrole nitrogens is 1. The first-order valence-electron chi connectivity index (χ1n) is 6.91. The Hall–Kier alpha value is -0.730. The molecule has 0 saturated carbocycles. The Bertz CT molecular complexity index is 705. The van der Waals surface area contributed by atoms with Crippen LogP contribution < -0.4 is 5.73 Å². The molecule has 21 heavy (non-hydrogen) atoms. The Balaban J connectivity index is 1.92. The second kappa shape index (κ2) is 5.17. The highest BCUT2D eigenvalue weighted by molar-refractivity contribution is 9.10. The van der Waals surface area contributed by atoms with E-state index in [1.807, 2.05) is 11.1 Å². The molecule has 2 aliphatic rings. The summed E-state index contributed by atoms with van der Waals surface area (Å²) in [5.41, 5.74) is 9.75. The van der Waals surface area contributed by atoms with Crippen molar-refractivity contribution in [2.24, 2.45) is 5.73 Å². The predicted octanol–water partition coefficient (Wildman–Crippen LogP) is 2.50. The average Bonchev–Trinajstić information content (AvgIpc) is 2.75. The van der Waals surface area contributed by atoms with Crippen molar-refractivity contribution in [3.05, 3.63) is 27.9 Å². The maximum absolute atomic E-state index is 9.94. The van der Waals surface area contributed by atoms with Gasteiger partial charge in [-0.1, -0.05) is 0 Å². The maximum Gasteiger partial charge on any atom is 0.130 e. The molecule has 3 heterocycles. The van der Waals surface area contributed by atoms with Crippen molar-refractivity contribution in [2.75, 3.05) is 18.2 Å². The van der Waals surface area contributed by atoms with Crippen molar-refractivity contribution in [1.29, 1.82) is 0 Å². The molecule has 5 nitrogen and oxygen atoms in total. The number of thioether (sulfide) groups is 1. The fraction of sp³-hybridized carbons (Fsp3) is 0.429. The summed E-state index contributed by atoms with van der Waals surface area (Å²) in [6.07, 6.45) is 0.880. The van der Waals surface area contributed by atoms with Crippen LogP contribution in [-0.2, 0) is 11.3 Å². The number of phenolic OH excluding ortho intramolecular Hbond substituents is 1. The first-order valence-corrected chi connectivity index (χ1v) is 8.86. The molecule has 1 aromatic heterocycles. The lowest BCUT2D eigenvalue weighted by atomic mass is 9.95. The third-order valence-corrected chi connectivity index (χ3v) is 5.92. The van der Waals surface area contributed by atoms with Gasteiger partial charge in [0.2, 0.25) is 0 Å². The van der Waals surface area contributed by atoms with Gasteiger partial charge >= 0.3 is 0 Å². The molecule has 0 amide bonds. The summed E-state index contributed by atoms with van der Waals surface area (Å²) < 4.78 is 0.753. The molecule has 0 radical (unpaired) electrons. The van der Waals surface area contributed by atoms with Crippen LogP contribution in [0, 0.1) is 0 Å². The van der Waals surface area contributed by atoms with Gasteiger partial charge < -0.3 is 15.8 Å². The van der Waals surface area contributed by atoms with Crippen molar-refractivity contribution in [2.45, 2.75) is 18.5 Å². The summed E-state index contributed by atoms with van der Waals surface area (Å²) in [6.45, 7) is 0.820. The van der Waals surface area contributed by atoms with Gasteiger partial charge in [0.25, 0.3) is 0 Å². The lowest BCUT2D eigenvalue weighted by Gasteiger charge is -2.35. The van der Waals surface area contributed by atoms with Gasteiger partial charge in [-0.2, -0.15) is 5.06 Å². The van der Waals surface area contributed by atoms with Gasteiger partial charge in [-0.15, -0.1) is 11.8 Å². The quantitative estimate of drug-likeness (QED) is 0.665. The van der Waals surface area contributed by atoms with Crippen LogP contribution in [0.3, 0.4) is 0 Å². The predicted molar refractivity (Wildman–Crippen MR) is 87.2 cm³/mol. The third kappa shape index (κ3) is 2.10. The second-order valence-corrected chi connectivity index (χ2v) is 7.23. The van der Waals surface area contributed by atoms with Gasteiger partial charge in [-0.05, 0) is 40.0 Å². The number of hydrogen-bond acceptors (Lipinski definition) is 5. The van der Waals surface area contributed by atoms with E-state index in [2.05, 4.69) is 20.9 Å². The summed E-state index contributed by atoms with van der Waals surface area (Å²) in [7, 11) is 0. The molecule has 2 aromatic rings. The standard InChI is InChI=1S/C14H16BrN3O2S/c15-12-10(19)2-1-9-11(12)7-3-4-18-14(13(7)17-9)8(16)5-21-6-20-18/h1-2,8,14,17,19H,3-6,16H2/t8-,14?/m1/s1. The number of benzene rings is 1. The zero-order chi connectivity index (χ0) is 14.6. The minimum Gasteiger partial charge on any atom is -0.507 e. The van der Waals surface area contributed by atoms with Crippen LogP contribution in [-0.4, -0.2) is 39.4 Å². The molecule has 112 valence electrons. The van der Waals surface area contributed by atoms with E-state index in [1.54, 1.807) is 17.8 Å². The van der Waals surface area contributed by atoms with Gasteiger partial charge in [-0.3, -0.25) is 4.84 Å². The molecule has 0 aliphatic carbocycles. The highest BCUT2D eigenvalue weighted by Gasteiger charge is 2.37. The van der Waals surface area contributed by atoms with Crippen molar-refractivity contribution in [3.8, 4) is 5.75 Å². The van der Waals surface area contributed by atoms with E-state index < -0.39 is 0 Å². The van der Waals surface area contributed by atoms with Crippen LogP contribution in [0.15, 0.2) is 16.6 Å². The maximum atomic E-state index is 9.94. The van der Waals surface area contributed by atoms with Crippen LogP contribution in [0.1, 0.15) is 17.3 Å². The lowest BCUT2D eigenvalue weighted by molar-refractivity contribution is -0.175. The molecule has 0 bridgehead atoms. The average molecular weight is 370 g/mol. The van der Waals surface area contributed by atoms with E-state index in [0.29, 0.717) is 5.94 Å². The SMILES string of the molecule is N[C@@H]1CSCON2CCc3c([nH]c4ccc(O)c(Br)c34)C12. The summed E-state index contributed by atoms with van der Waals surface area (Å²) in [4.78, 5) is 9.31. The van der Waals surface area contributed by atoms with E-state index in [9.17, 15) is 5.11 Å². The molecule has 1 aromatic carbocycles. The largest absolute Gasteiger partial charge is 0.507 e. The molecule has 7 heteroatoms. The number of rotatable bonds is 0. The molecule has 2 atom stereocenters. The Kier molecular flexibility index (Phi) is 3.42. The molecule has 1 fully saturated rings. The number of aromatic amines is 1. The first kappa shape index (κ1) is 13.9.